The average Bonchev–Trinajstić information content (AvgIpc) is 2.69. The molecule has 0 bridgehead atoms. The Bertz CT molecular complexity index is 296. The third-order valence-electron chi connectivity index (χ3n) is 3.44. The minimum absolute atomic E-state index is 0.0270. The van der Waals surface area contributed by atoms with Crippen LogP contribution < -0.4 is 5.32 Å². The molecule has 1 fully saturated rings. The van der Waals surface area contributed by atoms with Gasteiger partial charge in [0.15, 0.2) is 9.84 Å². The largest absolute Gasteiger partial charge is 0.378 e. The fourth-order valence-corrected chi connectivity index (χ4v) is 3.02. The van der Waals surface area contributed by atoms with E-state index >= 15 is 0 Å². The summed E-state index contributed by atoms with van der Waals surface area (Å²) in [5.74, 6) is 0. The summed E-state index contributed by atoms with van der Waals surface area (Å²) < 4.78 is 28.4. The molecule has 0 aromatic rings. The lowest BCUT2D eigenvalue weighted by molar-refractivity contribution is 0.0998. The highest BCUT2D eigenvalue weighted by Gasteiger charge is 2.26. The van der Waals surface area contributed by atoms with Crippen molar-refractivity contribution in [2.45, 2.75) is 50.0 Å². The normalized spacial score (nSPS) is 25.6. The zero-order chi connectivity index (χ0) is 12.2. The van der Waals surface area contributed by atoms with Crippen LogP contribution in [0.2, 0.25) is 0 Å². The van der Waals surface area contributed by atoms with Crippen LogP contribution in [0.4, 0.5) is 0 Å². The SMILES string of the molecule is CNC(CCC1CCCO1)C(C)S(C)(=O)=O. The summed E-state index contributed by atoms with van der Waals surface area (Å²) >= 11 is 0. The van der Waals surface area contributed by atoms with Crippen molar-refractivity contribution in [1.29, 1.82) is 0 Å². The molecule has 0 aromatic heterocycles. The molecule has 16 heavy (non-hydrogen) atoms. The molecule has 0 saturated carbocycles. The molecule has 0 amide bonds. The first-order valence-electron chi connectivity index (χ1n) is 5.93. The molecule has 0 radical (unpaired) electrons. The molecule has 1 aliphatic rings. The first kappa shape index (κ1) is 13.9. The van der Waals surface area contributed by atoms with Crippen molar-refractivity contribution >= 4 is 9.84 Å². The molecule has 5 heteroatoms. The summed E-state index contributed by atoms with van der Waals surface area (Å²) in [6.45, 7) is 2.63. The van der Waals surface area contributed by atoms with E-state index in [2.05, 4.69) is 5.32 Å². The van der Waals surface area contributed by atoms with Crippen molar-refractivity contribution in [1.82, 2.24) is 5.32 Å². The molecule has 0 aromatic carbocycles. The van der Waals surface area contributed by atoms with Crippen LogP contribution in [0, 0.1) is 0 Å². The molecule has 1 saturated heterocycles. The quantitative estimate of drug-likeness (QED) is 0.762. The van der Waals surface area contributed by atoms with Gasteiger partial charge in [0, 0.05) is 18.9 Å². The number of hydrogen-bond acceptors (Lipinski definition) is 4. The molecule has 1 rings (SSSR count). The number of sulfone groups is 1. The second-order valence-corrected chi connectivity index (χ2v) is 7.04. The first-order chi connectivity index (χ1) is 7.45. The van der Waals surface area contributed by atoms with E-state index in [-0.39, 0.29) is 11.3 Å². The molecular weight excluding hydrogens is 226 g/mol. The monoisotopic (exact) mass is 249 g/mol. The van der Waals surface area contributed by atoms with Gasteiger partial charge in [-0.2, -0.15) is 0 Å². The number of nitrogens with one attached hydrogen (secondary N) is 1. The average molecular weight is 249 g/mol. The Labute approximate surface area is 98.7 Å². The predicted molar refractivity (Wildman–Crippen MR) is 65.4 cm³/mol. The van der Waals surface area contributed by atoms with Crippen molar-refractivity contribution < 1.29 is 13.2 Å². The Morgan fingerprint density at radius 1 is 1.50 bits per heavy atom. The lowest BCUT2D eigenvalue weighted by atomic mass is 10.0. The van der Waals surface area contributed by atoms with Gasteiger partial charge >= 0.3 is 0 Å². The van der Waals surface area contributed by atoms with E-state index in [1.165, 1.54) is 6.26 Å². The van der Waals surface area contributed by atoms with Gasteiger partial charge in [-0.25, -0.2) is 8.42 Å². The third kappa shape index (κ3) is 4.03. The number of hydrogen-bond donors (Lipinski definition) is 1. The number of rotatable bonds is 6. The van der Waals surface area contributed by atoms with Gasteiger partial charge in [0.2, 0.25) is 0 Å². The molecule has 3 unspecified atom stereocenters. The fraction of sp³-hybridized carbons (Fsp3) is 1.00. The van der Waals surface area contributed by atoms with Gasteiger partial charge in [-0.3, -0.25) is 0 Å². The highest BCUT2D eigenvalue weighted by Crippen LogP contribution is 2.19. The van der Waals surface area contributed by atoms with Gasteiger partial charge in [-0.05, 0) is 39.7 Å². The van der Waals surface area contributed by atoms with E-state index in [1.54, 1.807) is 6.92 Å². The van der Waals surface area contributed by atoms with Crippen molar-refractivity contribution in [3.05, 3.63) is 0 Å². The molecule has 0 aliphatic carbocycles. The molecule has 3 atom stereocenters. The van der Waals surface area contributed by atoms with E-state index in [0.29, 0.717) is 6.10 Å². The maximum absolute atomic E-state index is 11.5. The van der Waals surface area contributed by atoms with Crippen molar-refractivity contribution in [3.8, 4) is 0 Å². The van der Waals surface area contributed by atoms with E-state index in [9.17, 15) is 8.42 Å². The van der Waals surface area contributed by atoms with E-state index < -0.39 is 9.84 Å². The summed E-state index contributed by atoms with van der Waals surface area (Å²) in [5.41, 5.74) is 0. The standard InChI is InChI=1S/C11H23NO3S/c1-9(16(3,13)14)11(12-2)7-6-10-5-4-8-15-10/h9-12H,4-8H2,1-3H3. The summed E-state index contributed by atoms with van der Waals surface area (Å²) in [5, 5.41) is 2.76. The van der Waals surface area contributed by atoms with Crippen LogP contribution >= 0.6 is 0 Å². The zero-order valence-corrected chi connectivity index (χ0v) is 11.2. The Hall–Kier alpha value is -0.130. The van der Waals surface area contributed by atoms with Crippen LogP contribution in [0.5, 0.6) is 0 Å². The first-order valence-corrected chi connectivity index (χ1v) is 7.88. The van der Waals surface area contributed by atoms with Crippen LogP contribution in [-0.2, 0) is 14.6 Å². The predicted octanol–water partition coefficient (Wildman–Crippen LogP) is 0.967. The van der Waals surface area contributed by atoms with Gasteiger partial charge in [0.25, 0.3) is 0 Å². The molecule has 1 N–H and O–H groups in total. The van der Waals surface area contributed by atoms with Crippen LogP contribution in [0.3, 0.4) is 0 Å². The Morgan fingerprint density at radius 2 is 2.19 bits per heavy atom. The second-order valence-electron chi connectivity index (χ2n) is 4.64. The van der Waals surface area contributed by atoms with Gasteiger partial charge < -0.3 is 10.1 Å². The van der Waals surface area contributed by atoms with Gasteiger partial charge in [0.05, 0.1) is 11.4 Å². The maximum Gasteiger partial charge on any atom is 0.151 e. The molecule has 96 valence electrons. The van der Waals surface area contributed by atoms with Crippen LogP contribution in [0.1, 0.15) is 32.6 Å². The van der Waals surface area contributed by atoms with E-state index in [4.69, 9.17) is 4.74 Å². The topological polar surface area (TPSA) is 55.4 Å². The molecule has 0 spiro atoms. The Kier molecular flexibility index (Phi) is 5.21. The summed E-state index contributed by atoms with van der Waals surface area (Å²) in [6, 6.07) is 0.0270. The van der Waals surface area contributed by atoms with Crippen LogP contribution in [0.25, 0.3) is 0 Å². The van der Waals surface area contributed by atoms with E-state index in [0.717, 1.165) is 32.3 Å². The lowest BCUT2D eigenvalue weighted by Crippen LogP contribution is -2.40. The van der Waals surface area contributed by atoms with Crippen molar-refractivity contribution in [2.24, 2.45) is 0 Å². The van der Waals surface area contributed by atoms with Crippen molar-refractivity contribution in [2.75, 3.05) is 19.9 Å². The van der Waals surface area contributed by atoms with Crippen LogP contribution in [0.15, 0.2) is 0 Å². The third-order valence-corrected chi connectivity index (χ3v) is 5.12. The Morgan fingerprint density at radius 3 is 2.62 bits per heavy atom. The lowest BCUT2D eigenvalue weighted by Gasteiger charge is -2.23. The summed E-state index contributed by atoms with van der Waals surface area (Å²) in [4.78, 5) is 0. The second kappa shape index (κ2) is 5.98. The number of ether oxygens (including phenoxy) is 1. The summed E-state index contributed by atoms with van der Waals surface area (Å²) in [7, 11) is -1.14. The zero-order valence-electron chi connectivity index (χ0n) is 10.4. The van der Waals surface area contributed by atoms with Crippen molar-refractivity contribution in [3.63, 3.8) is 0 Å². The highest BCUT2D eigenvalue weighted by atomic mass is 32.2. The minimum atomic E-state index is -2.96. The molecule has 1 heterocycles. The van der Waals surface area contributed by atoms with Gasteiger partial charge in [-0.1, -0.05) is 0 Å². The minimum Gasteiger partial charge on any atom is -0.378 e. The smallest absolute Gasteiger partial charge is 0.151 e. The molecular formula is C11H23NO3S. The fourth-order valence-electron chi connectivity index (χ4n) is 2.15. The van der Waals surface area contributed by atoms with Crippen LogP contribution in [-0.4, -0.2) is 45.7 Å². The highest BCUT2D eigenvalue weighted by molar-refractivity contribution is 7.91. The maximum atomic E-state index is 11.5. The van der Waals surface area contributed by atoms with Gasteiger partial charge in [0.1, 0.15) is 0 Å². The Balaban J connectivity index is 2.42. The van der Waals surface area contributed by atoms with E-state index in [1.807, 2.05) is 7.05 Å². The molecule has 1 aliphatic heterocycles. The molecule has 4 nitrogen and oxygen atoms in total. The summed E-state index contributed by atoms with van der Waals surface area (Å²) in [6.07, 6.45) is 5.69. The van der Waals surface area contributed by atoms with Gasteiger partial charge in [-0.15, -0.1) is 0 Å².